The predicted octanol–water partition coefficient (Wildman–Crippen LogP) is 2.24. The smallest absolute Gasteiger partial charge is 0.253 e. The van der Waals surface area contributed by atoms with Crippen LogP contribution in [0.1, 0.15) is 36.5 Å². The van der Waals surface area contributed by atoms with Crippen molar-refractivity contribution in [2.75, 3.05) is 26.2 Å². The van der Waals surface area contributed by atoms with Crippen molar-refractivity contribution in [2.24, 2.45) is 5.92 Å². The van der Waals surface area contributed by atoms with Gasteiger partial charge in [-0.25, -0.2) is 0 Å². The number of benzene rings is 1. The van der Waals surface area contributed by atoms with Gasteiger partial charge in [0.25, 0.3) is 5.91 Å². The molecule has 1 aliphatic rings. The van der Waals surface area contributed by atoms with Crippen molar-refractivity contribution in [3.8, 4) is 5.75 Å². The van der Waals surface area contributed by atoms with Crippen molar-refractivity contribution in [2.45, 2.75) is 26.2 Å². The van der Waals surface area contributed by atoms with Crippen LogP contribution in [-0.4, -0.2) is 42.1 Å². The van der Waals surface area contributed by atoms with E-state index in [-0.39, 0.29) is 11.7 Å². The fourth-order valence-corrected chi connectivity index (χ4v) is 2.72. The van der Waals surface area contributed by atoms with E-state index in [4.69, 9.17) is 0 Å². The molecular weight excluding hydrogens is 252 g/mol. The summed E-state index contributed by atoms with van der Waals surface area (Å²) in [6.45, 7) is 5.80. The van der Waals surface area contributed by atoms with E-state index in [9.17, 15) is 9.90 Å². The van der Waals surface area contributed by atoms with E-state index in [1.54, 1.807) is 24.3 Å². The number of carbonyl (C=O) groups is 1. The van der Waals surface area contributed by atoms with Gasteiger partial charge in [-0.15, -0.1) is 0 Å². The van der Waals surface area contributed by atoms with Crippen LogP contribution >= 0.6 is 0 Å². The average molecular weight is 276 g/mol. The van der Waals surface area contributed by atoms with Crippen molar-refractivity contribution in [3.05, 3.63) is 29.8 Å². The molecule has 1 aliphatic heterocycles. The lowest BCUT2D eigenvalue weighted by atomic mass is 9.98. The van der Waals surface area contributed by atoms with Gasteiger partial charge in [-0.1, -0.05) is 6.92 Å². The van der Waals surface area contributed by atoms with Crippen molar-refractivity contribution in [1.82, 2.24) is 10.2 Å². The van der Waals surface area contributed by atoms with Crippen LogP contribution in [0.5, 0.6) is 5.75 Å². The molecule has 0 saturated carbocycles. The third kappa shape index (κ3) is 3.97. The zero-order chi connectivity index (χ0) is 14.4. The first-order chi connectivity index (χ1) is 9.70. The Labute approximate surface area is 120 Å². The van der Waals surface area contributed by atoms with E-state index < -0.39 is 0 Å². The Morgan fingerprint density at radius 3 is 2.75 bits per heavy atom. The third-order valence-electron chi connectivity index (χ3n) is 3.77. The number of phenols is 1. The molecule has 4 heteroatoms. The van der Waals surface area contributed by atoms with Gasteiger partial charge in [0, 0.05) is 18.7 Å². The SMILES string of the molecule is CCCN(CC1CCCNC1)C(=O)c1ccc(O)cc1. The minimum Gasteiger partial charge on any atom is -0.508 e. The lowest BCUT2D eigenvalue weighted by Crippen LogP contribution is -2.41. The van der Waals surface area contributed by atoms with Gasteiger partial charge in [0.15, 0.2) is 0 Å². The molecule has 0 aliphatic carbocycles. The van der Waals surface area contributed by atoms with Crippen molar-refractivity contribution < 1.29 is 9.90 Å². The number of hydrogen-bond acceptors (Lipinski definition) is 3. The molecule has 1 heterocycles. The minimum atomic E-state index is 0.0671. The van der Waals surface area contributed by atoms with Crippen LogP contribution in [0.2, 0.25) is 0 Å². The molecule has 20 heavy (non-hydrogen) atoms. The van der Waals surface area contributed by atoms with Crippen LogP contribution in [0, 0.1) is 5.92 Å². The van der Waals surface area contributed by atoms with Gasteiger partial charge in [0.1, 0.15) is 5.75 Å². The quantitative estimate of drug-likeness (QED) is 0.867. The summed E-state index contributed by atoms with van der Waals surface area (Å²) < 4.78 is 0. The van der Waals surface area contributed by atoms with E-state index in [2.05, 4.69) is 12.2 Å². The Bertz CT molecular complexity index is 425. The highest BCUT2D eigenvalue weighted by atomic mass is 16.3. The van der Waals surface area contributed by atoms with E-state index in [0.717, 1.165) is 32.6 Å². The number of hydrogen-bond donors (Lipinski definition) is 2. The predicted molar refractivity (Wildman–Crippen MR) is 79.9 cm³/mol. The second-order valence-electron chi connectivity index (χ2n) is 5.51. The van der Waals surface area contributed by atoms with Crippen molar-refractivity contribution >= 4 is 5.91 Å². The summed E-state index contributed by atoms with van der Waals surface area (Å²) in [5.74, 6) is 0.814. The molecule has 1 atom stereocenters. The number of nitrogens with zero attached hydrogens (tertiary/aromatic N) is 1. The maximum atomic E-state index is 12.5. The van der Waals surface area contributed by atoms with Crippen LogP contribution in [0.4, 0.5) is 0 Å². The minimum absolute atomic E-state index is 0.0671. The lowest BCUT2D eigenvalue weighted by Gasteiger charge is -2.30. The molecule has 1 saturated heterocycles. The van der Waals surface area contributed by atoms with Gasteiger partial charge in [-0.2, -0.15) is 0 Å². The first-order valence-electron chi connectivity index (χ1n) is 7.49. The number of rotatable bonds is 5. The molecule has 1 unspecified atom stereocenters. The van der Waals surface area contributed by atoms with Gasteiger partial charge in [0.2, 0.25) is 0 Å². The van der Waals surface area contributed by atoms with Crippen LogP contribution < -0.4 is 5.32 Å². The monoisotopic (exact) mass is 276 g/mol. The molecule has 1 aromatic carbocycles. The molecule has 1 fully saturated rings. The topological polar surface area (TPSA) is 52.6 Å². The summed E-state index contributed by atoms with van der Waals surface area (Å²) in [5.41, 5.74) is 0.653. The summed E-state index contributed by atoms with van der Waals surface area (Å²) >= 11 is 0. The first-order valence-corrected chi connectivity index (χ1v) is 7.49. The molecule has 0 radical (unpaired) electrons. The molecular formula is C16H24N2O2. The molecule has 0 aromatic heterocycles. The number of amides is 1. The summed E-state index contributed by atoms with van der Waals surface area (Å²) in [4.78, 5) is 14.5. The number of nitrogens with one attached hydrogen (secondary N) is 1. The standard InChI is InChI=1S/C16H24N2O2/c1-2-10-18(12-13-4-3-9-17-11-13)16(20)14-5-7-15(19)8-6-14/h5-8,13,17,19H,2-4,9-12H2,1H3. The molecule has 4 nitrogen and oxygen atoms in total. The number of piperidine rings is 1. The zero-order valence-corrected chi connectivity index (χ0v) is 12.1. The van der Waals surface area contributed by atoms with Gasteiger partial charge in [0.05, 0.1) is 0 Å². The van der Waals surface area contributed by atoms with Gasteiger partial charge >= 0.3 is 0 Å². The van der Waals surface area contributed by atoms with Gasteiger partial charge in [-0.3, -0.25) is 4.79 Å². The fourth-order valence-electron chi connectivity index (χ4n) is 2.72. The second-order valence-corrected chi connectivity index (χ2v) is 5.51. The highest BCUT2D eigenvalue weighted by Crippen LogP contribution is 2.16. The van der Waals surface area contributed by atoms with E-state index in [1.807, 2.05) is 4.90 Å². The first kappa shape index (κ1) is 14.9. The molecule has 2 N–H and O–H groups in total. The fraction of sp³-hybridized carbons (Fsp3) is 0.562. The Hall–Kier alpha value is -1.55. The summed E-state index contributed by atoms with van der Waals surface area (Å²) in [6.07, 6.45) is 3.35. The summed E-state index contributed by atoms with van der Waals surface area (Å²) in [5, 5.41) is 12.7. The van der Waals surface area contributed by atoms with E-state index >= 15 is 0 Å². The summed E-state index contributed by atoms with van der Waals surface area (Å²) in [6, 6.07) is 6.53. The normalized spacial score (nSPS) is 18.8. The molecule has 2 rings (SSSR count). The van der Waals surface area contributed by atoms with Gasteiger partial charge in [-0.05, 0) is 62.5 Å². The van der Waals surface area contributed by atoms with Crippen LogP contribution in [0.3, 0.4) is 0 Å². The molecule has 110 valence electrons. The number of phenolic OH excluding ortho intramolecular Hbond substituents is 1. The highest BCUT2D eigenvalue weighted by Gasteiger charge is 2.21. The Balaban J connectivity index is 2.02. The van der Waals surface area contributed by atoms with Crippen LogP contribution in [0.25, 0.3) is 0 Å². The van der Waals surface area contributed by atoms with Crippen LogP contribution in [0.15, 0.2) is 24.3 Å². The van der Waals surface area contributed by atoms with Crippen LogP contribution in [-0.2, 0) is 0 Å². The molecule has 1 amide bonds. The van der Waals surface area contributed by atoms with Crippen molar-refractivity contribution in [1.29, 1.82) is 0 Å². The third-order valence-corrected chi connectivity index (χ3v) is 3.77. The lowest BCUT2D eigenvalue weighted by molar-refractivity contribution is 0.0719. The zero-order valence-electron chi connectivity index (χ0n) is 12.1. The average Bonchev–Trinajstić information content (AvgIpc) is 2.48. The second kappa shape index (κ2) is 7.29. The molecule has 0 bridgehead atoms. The largest absolute Gasteiger partial charge is 0.508 e. The molecule has 1 aromatic rings. The Morgan fingerprint density at radius 2 is 2.15 bits per heavy atom. The number of aromatic hydroxyl groups is 1. The van der Waals surface area contributed by atoms with E-state index in [1.165, 1.54) is 12.8 Å². The van der Waals surface area contributed by atoms with Gasteiger partial charge < -0.3 is 15.3 Å². The maximum Gasteiger partial charge on any atom is 0.253 e. The summed E-state index contributed by atoms with van der Waals surface area (Å²) in [7, 11) is 0. The Kier molecular flexibility index (Phi) is 5.41. The highest BCUT2D eigenvalue weighted by molar-refractivity contribution is 5.94. The van der Waals surface area contributed by atoms with Crippen molar-refractivity contribution in [3.63, 3.8) is 0 Å². The van der Waals surface area contributed by atoms with E-state index in [0.29, 0.717) is 11.5 Å². The number of carbonyl (C=O) groups excluding carboxylic acids is 1. The maximum absolute atomic E-state index is 12.5. The Morgan fingerprint density at radius 1 is 1.40 bits per heavy atom. The molecule has 0 spiro atoms.